The van der Waals surface area contributed by atoms with Crippen LogP contribution in [0.1, 0.15) is 0 Å². The van der Waals surface area contributed by atoms with Crippen LogP contribution in [-0.4, -0.2) is 51.5 Å². The second kappa shape index (κ2) is 6.77. The maximum atomic E-state index is 5.43. The molecule has 7 nitrogen and oxygen atoms in total. The van der Waals surface area contributed by atoms with Crippen LogP contribution in [0, 0.1) is 0 Å². The van der Waals surface area contributed by atoms with E-state index >= 15 is 0 Å². The van der Waals surface area contributed by atoms with E-state index in [0.717, 1.165) is 65.5 Å². The van der Waals surface area contributed by atoms with Crippen molar-refractivity contribution in [3.8, 4) is 22.5 Å². The molecule has 1 N–H and O–H groups in total. The molecule has 3 aromatic heterocycles. The van der Waals surface area contributed by atoms with E-state index in [4.69, 9.17) is 4.74 Å². The van der Waals surface area contributed by atoms with Gasteiger partial charge in [-0.2, -0.15) is 5.10 Å². The van der Waals surface area contributed by atoms with Gasteiger partial charge in [0, 0.05) is 42.5 Å². The van der Waals surface area contributed by atoms with Gasteiger partial charge >= 0.3 is 0 Å². The summed E-state index contributed by atoms with van der Waals surface area (Å²) in [6.45, 7) is 3.12. The standard InChI is InChI=1S/C20H18N6O/c1-2-15(12-21-5-1)14-3-4-17-16(10-14)20(25-24-17)18-11-19(23-13-22-18)26-6-8-27-9-7-26/h1-5,10-13H,6-9H2,(H,24,25). The molecule has 0 amide bonds. The van der Waals surface area contributed by atoms with Gasteiger partial charge in [-0.25, -0.2) is 9.97 Å². The van der Waals surface area contributed by atoms with Gasteiger partial charge in [0.15, 0.2) is 0 Å². The number of nitrogens with one attached hydrogen (secondary N) is 1. The summed E-state index contributed by atoms with van der Waals surface area (Å²) in [6, 6.07) is 12.2. The van der Waals surface area contributed by atoms with E-state index in [9.17, 15) is 0 Å². The lowest BCUT2D eigenvalue weighted by Crippen LogP contribution is -2.36. The number of anilines is 1. The summed E-state index contributed by atoms with van der Waals surface area (Å²) in [5.74, 6) is 0.905. The molecule has 27 heavy (non-hydrogen) atoms. The molecular formula is C20H18N6O. The molecule has 4 heterocycles. The molecule has 5 rings (SSSR count). The van der Waals surface area contributed by atoms with E-state index in [2.05, 4.69) is 48.2 Å². The molecule has 0 spiro atoms. The fraction of sp³-hybridized carbons (Fsp3) is 0.200. The Morgan fingerprint density at radius 1 is 1.00 bits per heavy atom. The minimum Gasteiger partial charge on any atom is -0.378 e. The van der Waals surface area contributed by atoms with Gasteiger partial charge in [0.25, 0.3) is 0 Å². The Kier molecular flexibility index (Phi) is 3.99. The lowest BCUT2D eigenvalue weighted by molar-refractivity contribution is 0.122. The first-order chi connectivity index (χ1) is 13.4. The Morgan fingerprint density at radius 3 is 2.78 bits per heavy atom. The molecule has 4 aromatic rings. The van der Waals surface area contributed by atoms with Gasteiger partial charge in [-0.1, -0.05) is 12.1 Å². The third kappa shape index (κ3) is 3.02. The number of nitrogens with zero attached hydrogens (tertiary/aromatic N) is 5. The fourth-order valence-electron chi connectivity index (χ4n) is 3.36. The number of morpholine rings is 1. The normalized spacial score (nSPS) is 14.6. The smallest absolute Gasteiger partial charge is 0.132 e. The van der Waals surface area contributed by atoms with E-state index in [1.165, 1.54) is 0 Å². The largest absolute Gasteiger partial charge is 0.378 e. The molecule has 0 aliphatic carbocycles. The van der Waals surface area contributed by atoms with Crippen molar-refractivity contribution in [1.29, 1.82) is 0 Å². The summed E-state index contributed by atoms with van der Waals surface area (Å²) in [4.78, 5) is 15.3. The van der Waals surface area contributed by atoms with Gasteiger partial charge in [0.05, 0.1) is 24.4 Å². The van der Waals surface area contributed by atoms with Crippen LogP contribution in [0.15, 0.2) is 55.1 Å². The lowest BCUT2D eigenvalue weighted by Gasteiger charge is -2.27. The molecule has 1 saturated heterocycles. The monoisotopic (exact) mass is 358 g/mol. The zero-order valence-electron chi connectivity index (χ0n) is 14.7. The first-order valence-electron chi connectivity index (χ1n) is 8.92. The van der Waals surface area contributed by atoms with Crippen LogP contribution in [0.3, 0.4) is 0 Å². The van der Waals surface area contributed by atoms with E-state index in [1.54, 1.807) is 12.5 Å². The first-order valence-corrected chi connectivity index (χ1v) is 8.92. The van der Waals surface area contributed by atoms with Crippen molar-refractivity contribution in [3.05, 3.63) is 55.1 Å². The van der Waals surface area contributed by atoms with Gasteiger partial charge in [-0.3, -0.25) is 10.1 Å². The van der Waals surface area contributed by atoms with Crippen LogP contribution in [0.25, 0.3) is 33.4 Å². The summed E-state index contributed by atoms with van der Waals surface area (Å²) in [5, 5.41) is 8.65. The third-order valence-electron chi connectivity index (χ3n) is 4.79. The maximum Gasteiger partial charge on any atom is 0.132 e. The molecule has 1 aliphatic rings. The predicted molar refractivity (Wildman–Crippen MR) is 103 cm³/mol. The highest BCUT2D eigenvalue weighted by atomic mass is 16.5. The highest BCUT2D eigenvalue weighted by Gasteiger charge is 2.16. The van der Waals surface area contributed by atoms with E-state index in [-0.39, 0.29) is 0 Å². The summed E-state index contributed by atoms with van der Waals surface area (Å²) < 4.78 is 5.43. The molecular weight excluding hydrogens is 340 g/mol. The predicted octanol–water partition coefficient (Wildman–Crippen LogP) is 2.92. The molecule has 1 aliphatic heterocycles. The van der Waals surface area contributed by atoms with Gasteiger partial charge in [0.1, 0.15) is 17.8 Å². The average molecular weight is 358 g/mol. The van der Waals surface area contributed by atoms with Gasteiger partial charge < -0.3 is 9.64 Å². The van der Waals surface area contributed by atoms with Gasteiger partial charge in [0.2, 0.25) is 0 Å². The third-order valence-corrected chi connectivity index (χ3v) is 4.79. The number of hydrogen-bond acceptors (Lipinski definition) is 6. The summed E-state index contributed by atoms with van der Waals surface area (Å²) in [7, 11) is 0. The van der Waals surface area contributed by atoms with Crippen LogP contribution in [0.4, 0.5) is 5.82 Å². The van der Waals surface area contributed by atoms with Crippen LogP contribution in [-0.2, 0) is 4.74 Å². The zero-order chi connectivity index (χ0) is 18.1. The molecule has 0 bridgehead atoms. The average Bonchev–Trinajstić information content (AvgIpc) is 3.18. The van der Waals surface area contributed by atoms with Crippen molar-refractivity contribution in [2.45, 2.75) is 0 Å². The number of benzene rings is 1. The number of aromatic nitrogens is 5. The van der Waals surface area contributed by atoms with Crippen molar-refractivity contribution in [3.63, 3.8) is 0 Å². The van der Waals surface area contributed by atoms with Crippen LogP contribution in [0.5, 0.6) is 0 Å². The topological polar surface area (TPSA) is 79.8 Å². The Bertz CT molecular complexity index is 1070. The minimum atomic E-state index is 0.721. The van der Waals surface area contributed by atoms with Crippen LogP contribution < -0.4 is 4.90 Å². The first kappa shape index (κ1) is 15.9. The van der Waals surface area contributed by atoms with Gasteiger partial charge in [-0.05, 0) is 23.8 Å². The van der Waals surface area contributed by atoms with Crippen molar-refractivity contribution in [2.75, 3.05) is 31.2 Å². The second-order valence-corrected chi connectivity index (χ2v) is 6.44. The minimum absolute atomic E-state index is 0.721. The molecule has 7 heteroatoms. The molecule has 1 fully saturated rings. The number of hydrogen-bond donors (Lipinski definition) is 1. The zero-order valence-corrected chi connectivity index (χ0v) is 14.7. The molecule has 0 radical (unpaired) electrons. The summed E-state index contributed by atoms with van der Waals surface area (Å²) >= 11 is 0. The molecule has 1 aromatic carbocycles. The van der Waals surface area contributed by atoms with E-state index in [1.807, 2.05) is 24.4 Å². The number of pyridine rings is 1. The van der Waals surface area contributed by atoms with Crippen molar-refractivity contribution in [2.24, 2.45) is 0 Å². The number of rotatable bonds is 3. The van der Waals surface area contributed by atoms with Crippen molar-refractivity contribution < 1.29 is 4.74 Å². The van der Waals surface area contributed by atoms with Crippen LogP contribution >= 0.6 is 0 Å². The Morgan fingerprint density at radius 2 is 1.93 bits per heavy atom. The highest BCUT2D eigenvalue weighted by Crippen LogP contribution is 2.30. The highest BCUT2D eigenvalue weighted by molar-refractivity contribution is 5.95. The molecule has 0 unspecified atom stereocenters. The van der Waals surface area contributed by atoms with Crippen molar-refractivity contribution >= 4 is 16.7 Å². The van der Waals surface area contributed by atoms with E-state index < -0.39 is 0 Å². The second-order valence-electron chi connectivity index (χ2n) is 6.44. The quantitative estimate of drug-likeness (QED) is 0.607. The Labute approximate surface area is 156 Å². The lowest BCUT2D eigenvalue weighted by atomic mass is 10.0. The SMILES string of the molecule is c1cncc(-c2ccc3[nH]nc(-c4cc(N5CCOCC5)ncn4)c3c2)c1. The number of fused-ring (bicyclic) bond motifs is 1. The molecule has 134 valence electrons. The Hall–Kier alpha value is -3.32. The van der Waals surface area contributed by atoms with Crippen LogP contribution in [0.2, 0.25) is 0 Å². The maximum absolute atomic E-state index is 5.43. The number of ether oxygens (including phenoxy) is 1. The summed E-state index contributed by atoms with van der Waals surface area (Å²) in [5.41, 5.74) is 4.78. The molecule has 0 atom stereocenters. The fourth-order valence-corrected chi connectivity index (χ4v) is 3.36. The van der Waals surface area contributed by atoms with E-state index in [0.29, 0.717) is 0 Å². The summed E-state index contributed by atoms with van der Waals surface area (Å²) in [6.07, 6.45) is 5.24. The Balaban J connectivity index is 1.57. The molecule has 0 saturated carbocycles. The number of H-pyrrole nitrogens is 1. The van der Waals surface area contributed by atoms with Gasteiger partial charge in [-0.15, -0.1) is 0 Å². The number of aromatic amines is 1. The van der Waals surface area contributed by atoms with Crippen molar-refractivity contribution in [1.82, 2.24) is 25.1 Å².